The fourth-order valence-electron chi connectivity index (χ4n) is 2.87. The van der Waals surface area contributed by atoms with Crippen molar-refractivity contribution in [2.45, 2.75) is 44.4 Å². The Hall–Kier alpha value is -0.830. The lowest BCUT2D eigenvalue weighted by atomic mass is 9.90. The highest BCUT2D eigenvalue weighted by atomic mass is 79.9. The summed E-state index contributed by atoms with van der Waals surface area (Å²) in [4.78, 5) is 11.4. The van der Waals surface area contributed by atoms with Crippen molar-refractivity contribution in [2.75, 3.05) is 0 Å². The van der Waals surface area contributed by atoms with Crippen molar-refractivity contribution < 1.29 is 9.90 Å². The first-order valence-corrected chi connectivity index (χ1v) is 7.45. The second kappa shape index (κ2) is 6.37. The van der Waals surface area contributed by atoms with E-state index in [0.29, 0.717) is 0 Å². The minimum atomic E-state index is -0.708. The zero-order valence-electron chi connectivity index (χ0n) is 10.4. The maximum absolute atomic E-state index is 11.4. The van der Waals surface area contributed by atoms with Crippen molar-refractivity contribution in [2.24, 2.45) is 5.92 Å². The van der Waals surface area contributed by atoms with Gasteiger partial charge < -0.3 is 5.11 Å². The van der Waals surface area contributed by atoms with E-state index in [1.165, 1.54) is 25.7 Å². The van der Waals surface area contributed by atoms with E-state index in [9.17, 15) is 9.90 Å². The van der Waals surface area contributed by atoms with E-state index < -0.39 is 5.97 Å². The zero-order valence-corrected chi connectivity index (χ0v) is 12.0. The predicted molar refractivity (Wildman–Crippen MR) is 75.7 cm³/mol. The van der Waals surface area contributed by atoms with E-state index >= 15 is 0 Å². The highest BCUT2D eigenvalue weighted by Crippen LogP contribution is 2.34. The maximum atomic E-state index is 11.4. The third-order valence-electron chi connectivity index (χ3n) is 3.92. The minimum Gasteiger partial charge on any atom is -0.481 e. The van der Waals surface area contributed by atoms with Gasteiger partial charge in [-0.05, 0) is 30.4 Å². The van der Waals surface area contributed by atoms with Gasteiger partial charge in [-0.25, -0.2) is 0 Å². The smallest absolute Gasteiger partial charge is 0.311 e. The quantitative estimate of drug-likeness (QED) is 0.863. The largest absolute Gasteiger partial charge is 0.481 e. The Labute approximate surface area is 117 Å². The van der Waals surface area contributed by atoms with Gasteiger partial charge in [0.25, 0.3) is 0 Å². The first-order chi connectivity index (χ1) is 8.68. The topological polar surface area (TPSA) is 37.3 Å². The molecule has 1 aromatic rings. The molecular weight excluding hydrogens is 292 g/mol. The van der Waals surface area contributed by atoms with Crippen LogP contribution in [0.15, 0.2) is 28.7 Å². The molecule has 3 heteroatoms. The Morgan fingerprint density at radius 2 is 2.00 bits per heavy atom. The molecule has 1 unspecified atom stereocenters. The monoisotopic (exact) mass is 310 g/mol. The number of hydrogen-bond donors (Lipinski definition) is 1. The molecule has 98 valence electrons. The number of carboxylic acid groups (broad SMARTS) is 1. The van der Waals surface area contributed by atoms with Crippen LogP contribution in [0, 0.1) is 5.92 Å². The van der Waals surface area contributed by atoms with Crippen LogP contribution in [0.5, 0.6) is 0 Å². The molecule has 1 aliphatic rings. The molecule has 0 aromatic heterocycles. The van der Waals surface area contributed by atoms with Crippen molar-refractivity contribution in [1.82, 2.24) is 0 Å². The average molecular weight is 311 g/mol. The fraction of sp³-hybridized carbons (Fsp3) is 0.533. The van der Waals surface area contributed by atoms with Gasteiger partial charge in [0.2, 0.25) is 0 Å². The summed E-state index contributed by atoms with van der Waals surface area (Å²) in [6.45, 7) is 0. The molecule has 0 bridgehead atoms. The Morgan fingerprint density at radius 3 is 2.61 bits per heavy atom. The Balaban J connectivity index is 2.04. The lowest BCUT2D eigenvalue weighted by Gasteiger charge is -2.16. The summed E-state index contributed by atoms with van der Waals surface area (Å²) < 4.78 is 0.906. The second-order valence-corrected chi connectivity index (χ2v) is 5.99. The molecule has 2 rings (SSSR count). The lowest BCUT2D eigenvalue weighted by molar-refractivity contribution is -0.139. The van der Waals surface area contributed by atoms with Gasteiger partial charge in [0, 0.05) is 4.47 Å². The summed E-state index contributed by atoms with van der Waals surface area (Å²) in [5.74, 6) is -0.338. The molecular formula is C15H19BrO2. The fourth-order valence-corrected chi connectivity index (χ4v) is 3.43. The third kappa shape index (κ3) is 3.35. The van der Waals surface area contributed by atoms with Gasteiger partial charge in [0.05, 0.1) is 5.92 Å². The standard InChI is InChI=1S/C15H19BrO2/c16-14-8-4-3-7-12(14)13(15(17)18)10-9-11-5-1-2-6-11/h3-4,7-8,11,13H,1-2,5-6,9-10H2,(H,17,18). The lowest BCUT2D eigenvalue weighted by Crippen LogP contribution is -2.13. The van der Waals surface area contributed by atoms with Crippen LogP contribution in [0.4, 0.5) is 0 Å². The normalized spacial score (nSPS) is 17.8. The van der Waals surface area contributed by atoms with E-state index in [1.807, 2.05) is 24.3 Å². The molecule has 0 heterocycles. The molecule has 1 aromatic carbocycles. The molecule has 0 spiro atoms. The first-order valence-electron chi connectivity index (χ1n) is 6.65. The van der Waals surface area contributed by atoms with Gasteiger partial charge in [-0.3, -0.25) is 4.79 Å². The summed E-state index contributed by atoms with van der Waals surface area (Å²) in [5.41, 5.74) is 0.906. The van der Waals surface area contributed by atoms with Crippen molar-refractivity contribution in [1.29, 1.82) is 0 Å². The number of carbonyl (C=O) groups is 1. The Kier molecular flexibility index (Phi) is 4.81. The SMILES string of the molecule is O=C(O)C(CCC1CCCC1)c1ccccc1Br. The van der Waals surface area contributed by atoms with E-state index in [4.69, 9.17) is 0 Å². The molecule has 1 saturated carbocycles. The van der Waals surface area contributed by atoms with Crippen molar-refractivity contribution in [3.05, 3.63) is 34.3 Å². The molecule has 18 heavy (non-hydrogen) atoms. The van der Waals surface area contributed by atoms with Gasteiger partial charge in [-0.1, -0.05) is 59.8 Å². The van der Waals surface area contributed by atoms with Crippen LogP contribution in [0.3, 0.4) is 0 Å². The van der Waals surface area contributed by atoms with Crippen LogP contribution in [0.25, 0.3) is 0 Å². The number of carboxylic acids is 1. The first kappa shape index (κ1) is 13.6. The van der Waals surface area contributed by atoms with Gasteiger partial charge >= 0.3 is 5.97 Å². The predicted octanol–water partition coefficient (Wildman–Crippen LogP) is 4.59. The van der Waals surface area contributed by atoms with Crippen LogP contribution in [0.1, 0.15) is 50.0 Å². The average Bonchev–Trinajstić information content (AvgIpc) is 2.84. The van der Waals surface area contributed by atoms with Gasteiger partial charge in [-0.2, -0.15) is 0 Å². The molecule has 2 nitrogen and oxygen atoms in total. The van der Waals surface area contributed by atoms with Gasteiger partial charge in [0.1, 0.15) is 0 Å². The van der Waals surface area contributed by atoms with Crippen molar-refractivity contribution in [3.63, 3.8) is 0 Å². The van der Waals surface area contributed by atoms with Crippen LogP contribution in [-0.2, 0) is 4.79 Å². The number of rotatable bonds is 5. The summed E-state index contributed by atoms with van der Waals surface area (Å²) in [5, 5.41) is 9.40. The molecule has 0 saturated heterocycles. The number of hydrogen-bond acceptors (Lipinski definition) is 1. The third-order valence-corrected chi connectivity index (χ3v) is 4.64. The summed E-state index contributed by atoms with van der Waals surface area (Å²) in [6.07, 6.45) is 6.99. The molecule has 0 radical (unpaired) electrons. The molecule has 1 atom stereocenters. The molecule has 0 amide bonds. The van der Waals surface area contributed by atoms with Crippen molar-refractivity contribution >= 4 is 21.9 Å². The minimum absolute atomic E-state index is 0.374. The van der Waals surface area contributed by atoms with E-state index in [0.717, 1.165) is 28.8 Å². The molecule has 1 fully saturated rings. The molecule has 1 aliphatic carbocycles. The van der Waals surface area contributed by atoms with Crippen LogP contribution in [-0.4, -0.2) is 11.1 Å². The number of halogens is 1. The summed E-state index contributed by atoms with van der Waals surface area (Å²) in [7, 11) is 0. The Bertz CT molecular complexity index is 411. The van der Waals surface area contributed by atoms with Crippen molar-refractivity contribution in [3.8, 4) is 0 Å². The Morgan fingerprint density at radius 1 is 1.33 bits per heavy atom. The molecule has 1 N–H and O–H groups in total. The van der Waals surface area contributed by atoms with E-state index in [2.05, 4.69) is 15.9 Å². The highest BCUT2D eigenvalue weighted by Gasteiger charge is 2.24. The number of aliphatic carboxylic acids is 1. The van der Waals surface area contributed by atoms with E-state index in [1.54, 1.807) is 0 Å². The summed E-state index contributed by atoms with van der Waals surface area (Å²) in [6, 6.07) is 7.66. The maximum Gasteiger partial charge on any atom is 0.311 e. The summed E-state index contributed by atoms with van der Waals surface area (Å²) >= 11 is 3.46. The van der Waals surface area contributed by atoms with Crippen LogP contribution >= 0.6 is 15.9 Å². The second-order valence-electron chi connectivity index (χ2n) is 5.14. The van der Waals surface area contributed by atoms with Crippen LogP contribution < -0.4 is 0 Å². The van der Waals surface area contributed by atoms with Crippen LogP contribution in [0.2, 0.25) is 0 Å². The zero-order chi connectivity index (χ0) is 13.0. The highest BCUT2D eigenvalue weighted by molar-refractivity contribution is 9.10. The number of benzene rings is 1. The van der Waals surface area contributed by atoms with Gasteiger partial charge in [-0.15, -0.1) is 0 Å². The van der Waals surface area contributed by atoms with Gasteiger partial charge in [0.15, 0.2) is 0 Å². The van der Waals surface area contributed by atoms with E-state index in [-0.39, 0.29) is 5.92 Å². The molecule has 0 aliphatic heterocycles.